The molecular weight excluding hydrogens is 266 g/mol. The number of rotatable bonds is 3. The number of hydrogen-bond acceptors (Lipinski definition) is 7. The van der Waals surface area contributed by atoms with Gasteiger partial charge in [-0.05, 0) is 12.1 Å². The average Bonchev–Trinajstić information content (AvgIpc) is 2.52. The summed E-state index contributed by atoms with van der Waals surface area (Å²) in [6, 6.07) is 5.99. The highest BCUT2D eigenvalue weighted by atomic mass is 15.3. The largest absolute Gasteiger partial charge is 0.383 e. The van der Waals surface area contributed by atoms with Crippen LogP contribution in [0.5, 0.6) is 0 Å². The van der Waals surface area contributed by atoms with Gasteiger partial charge in [-0.2, -0.15) is 4.98 Å². The third-order valence-corrected chi connectivity index (χ3v) is 3.66. The highest BCUT2D eigenvalue weighted by molar-refractivity contribution is 5.41. The zero-order valence-electron chi connectivity index (χ0n) is 11.8. The highest BCUT2D eigenvalue weighted by Gasteiger charge is 2.18. The summed E-state index contributed by atoms with van der Waals surface area (Å²) < 4.78 is 0. The average molecular weight is 285 g/mol. The van der Waals surface area contributed by atoms with Crippen LogP contribution in [0.3, 0.4) is 0 Å². The zero-order valence-corrected chi connectivity index (χ0v) is 11.8. The second-order valence-electron chi connectivity index (χ2n) is 5.09. The molecule has 0 bridgehead atoms. The van der Waals surface area contributed by atoms with Crippen molar-refractivity contribution in [3.8, 4) is 0 Å². The first-order chi connectivity index (χ1) is 10.2. The lowest BCUT2D eigenvalue weighted by Gasteiger charge is -2.35. The Kier molecular flexibility index (Phi) is 3.83. The van der Waals surface area contributed by atoms with Gasteiger partial charge in [-0.25, -0.2) is 9.97 Å². The van der Waals surface area contributed by atoms with Gasteiger partial charge >= 0.3 is 0 Å². The van der Waals surface area contributed by atoms with Crippen LogP contribution >= 0.6 is 0 Å². The molecule has 1 saturated heterocycles. The highest BCUT2D eigenvalue weighted by Crippen LogP contribution is 2.16. The van der Waals surface area contributed by atoms with Crippen LogP contribution in [0, 0.1) is 0 Å². The summed E-state index contributed by atoms with van der Waals surface area (Å²) in [4.78, 5) is 17.0. The molecule has 0 radical (unpaired) electrons. The van der Waals surface area contributed by atoms with Crippen molar-refractivity contribution in [3.05, 3.63) is 36.2 Å². The number of nitrogens with zero attached hydrogens (tertiary/aromatic N) is 5. The Morgan fingerprint density at radius 1 is 1.05 bits per heavy atom. The summed E-state index contributed by atoms with van der Waals surface area (Å²) in [6.45, 7) is 4.57. The maximum Gasteiger partial charge on any atom is 0.221 e. The van der Waals surface area contributed by atoms with E-state index in [0.717, 1.165) is 44.1 Å². The van der Waals surface area contributed by atoms with E-state index in [9.17, 15) is 0 Å². The van der Waals surface area contributed by atoms with Crippen LogP contribution in [0.25, 0.3) is 0 Å². The molecule has 0 atom stereocenters. The molecule has 7 nitrogen and oxygen atoms in total. The number of hydrogen-bond donors (Lipinski definition) is 2. The molecule has 1 fully saturated rings. The number of aromatic nitrogens is 3. The Balaban J connectivity index is 1.59. The van der Waals surface area contributed by atoms with E-state index >= 15 is 0 Å². The standard InChI is InChI=1S/C14H19N7/c15-13-11(9-18-14(16)19-13)10-20-5-7-21(8-6-20)12-3-1-2-4-17-12/h1-4,9H,5-8,10H2,(H4,15,16,18,19). The quantitative estimate of drug-likeness (QED) is 0.840. The normalized spacial score (nSPS) is 16.1. The van der Waals surface area contributed by atoms with Gasteiger partial charge in [0, 0.05) is 50.7 Å². The number of nitrogens with two attached hydrogens (primary N) is 2. The van der Waals surface area contributed by atoms with Crippen LogP contribution in [-0.2, 0) is 6.54 Å². The Bertz CT molecular complexity index is 594. The first-order valence-electron chi connectivity index (χ1n) is 6.97. The number of nitrogen functional groups attached to an aromatic ring is 2. The van der Waals surface area contributed by atoms with Crippen LogP contribution in [0.4, 0.5) is 17.6 Å². The van der Waals surface area contributed by atoms with Gasteiger partial charge in [-0.3, -0.25) is 4.90 Å². The molecule has 3 rings (SSSR count). The van der Waals surface area contributed by atoms with Crippen LogP contribution in [0.2, 0.25) is 0 Å². The fourth-order valence-electron chi connectivity index (χ4n) is 2.47. The van der Waals surface area contributed by atoms with E-state index < -0.39 is 0 Å². The van der Waals surface area contributed by atoms with Crippen molar-refractivity contribution in [2.24, 2.45) is 0 Å². The zero-order chi connectivity index (χ0) is 14.7. The summed E-state index contributed by atoms with van der Waals surface area (Å²) in [6.07, 6.45) is 3.54. The second kappa shape index (κ2) is 5.92. The minimum absolute atomic E-state index is 0.219. The lowest BCUT2D eigenvalue weighted by molar-refractivity contribution is 0.249. The van der Waals surface area contributed by atoms with Gasteiger partial charge < -0.3 is 16.4 Å². The Labute approximate surface area is 123 Å². The van der Waals surface area contributed by atoms with Crippen LogP contribution in [0.1, 0.15) is 5.56 Å². The van der Waals surface area contributed by atoms with Gasteiger partial charge in [0.15, 0.2) is 0 Å². The van der Waals surface area contributed by atoms with E-state index in [4.69, 9.17) is 11.5 Å². The van der Waals surface area contributed by atoms with Crippen molar-refractivity contribution >= 4 is 17.6 Å². The van der Waals surface area contributed by atoms with E-state index in [1.54, 1.807) is 6.20 Å². The van der Waals surface area contributed by atoms with E-state index in [2.05, 4.69) is 24.8 Å². The predicted molar refractivity (Wildman–Crippen MR) is 82.6 cm³/mol. The topological polar surface area (TPSA) is 97.2 Å². The molecule has 110 valence electrons. The molecule has 0 aliphatic carbocycles. The maximum absolute atomic E-state index is 5.88. The summed E-state index contributed by atoms with van der Waals surface area (Å²) in [5.41, 5.74) is 12.3. The molecule has 0 aromatic carbocycles. The molecule has 7 heteroatoms. The summed E-state index contributed by atoms with van der Waals surface area (Å²) >= 11 is 0. The first-order valence-corrected chi connectivity index (χ1v) is 6.97. The number of pyridine rings is 1. The van der Waals surface area contributed by atoms with E-state index in [1.807, 2.05) is 24.4 Å². The summed E-state index contributed by atoms with van der Waals surface area (Å²) in [7, 11) is 0. The molecule has 0 amide bonds. The van der Waals surface area contributed by atoms with Crippen molar-refractivity contribution in [1.29, 1.82) is 0 Å². The summed E-state index contributed by atoms with van der Waals surface area (Å²) in [5, 5.41) is 0. The Morgan fingerprint density at radius 2 is 1.86 bits per heavy atom. The van der Waals surface area contributed by atoms with Crippen LogP contribution in [-0.4, -0.2) is 46.0 Å². The Morgan fingerprint density at radius 3 is 2.52 bits per heavy atom. The minimum atomic E-state index is 0.219. The van der Waals surface area contributed by atoms with Gasteiger partial charge in [0.2, 0.25) is 5.95 Å². The van der Waals surface area contributed by atoms with E-state index in [1.165, 1.54) is 0 Å². The lowest BCUT2D eigenvalue weighted by atomic mass is 10.2. The minimum Gasteiger partial charge on any atom is -0.383 e. The monoisotopic (exact) mass is 285 g/mol. The summed E-state index contributed by atoms with van der Waals surface area (Å²) in [5.74, 6) is 1.72. The SMILES string of the molecule is Nc1ncc(CN2CCN(c3ccccn3)CC2)c(N)n1. The smallest absolute Gasteiger partial charge is 0.221 e. The molecule has 0 saturated carbocycles. The lowest BCUT2D eigenvalue weighted by Crippen LogP contribution is -2.46. The van der Waals surface area contributed by atoms with Crippen molar-refractivity contribution < 1.29 is 0 Å². The van der Waals surface area contributed by atoms with Crippen LogP contribution in [0.15, 0.2) is 30.6 Å². The fraction of sp³-hybridized carbons (Fsp3) is 0.357. The predicted octanol–water partition coefficient (Wildman–Crippen LogP) is 0.358. The molecule has 1 aliphatic heterocycles. The van der Waals surface area contributed by atoms with E-state index in [0.29, 0.717) is 5.82 Å². The molecule has 1 aliphatic rings. The molecular formula is C14H19N7. The molecule has 2 aromatic rings. The molecule has 4 N–H and O–H groups in total. The van der Waals surface area contributed by atoms with Gasteiger partial charge in [0.25, 0.3) is 0 Å². The first kappa shape index (κ1) is 13.6. The molecule has 21 heavy (non-hydrogen) atoms. The van der Waals surface area contributed by atoms with Gasteiger partial charge in [0.1, 0.15) is 11.6 Å². The van der Waals surface area contributed by atoms with Gasteiger partial charge in [-0.15, -0.1) is 0 Å². The third kappa shape index (κ3) is 3.19. The maximum atomic E-state index is 5.88. The third-order valence-electron chi connectivity index (χ3n) is 3.66. The van der Waals surface area contributed by atoms with Gasteiger partial charge in [-0.1, -0.05) is 6.07 Å². The second-order valence-corrected chi connectivity index (χ2v) is 5.09. The molecule has 3 heterocycles. The van der Waals surface area contributed by atoms with Crippen molar-refractivity contribution in [1.82, 2.24) is 19.9 Å². The van der Waals surface area contributed by atoms with Gasteiger partial charge in [0.05, 0.1) is 0 Å². The molecule has 0 unspecified atom stereocenters. The number of anilines is 3. The van der Waals surface area contributed by atoms with E-state index in [-0.39, 0.29) is 5.95 Å². The fourth-order valence-corrected chi connectivity index (χ4v) is 2.47. The van der Waals surface area contributed by atoms with Crippen molar-refractivity contribution in [3.63, 3.8) is 0 Å². The number of piperazine rings is 1. The Hall–Kier alpha value is -2.41. The molecule has 0 spiro atoms. The van der Waals surface area contributed by atoms with Crippen LogP contribution < -0.4 is 16.4 Å². The molecule has 2 aromatic heterocycles. The van der Waals surface area contributed by atoms with Crippen molar-refractivity contribution in [2.45, 2.75) is 6.54 Å². The van der Waals surface area contributed by atoms with Crippen molar-refractivity contribution in [2.75, 3.05) is 42.5 Å².